The minimum atomic E-state index is -0.520. The minimum Gasteiger partial charge on any atom is -0.390 e. The summed E-state index contributed by atoms with van der Waals surface area (Å²) in [5.74, 6) is 2.24. The topological polar surface area (TPSA) is 43.8 Å². The van der Waals surface area contributed by atoms with Gasteiger partial charge in [0.2, 0.25) is 5.91 Å². The molecule has 4 aliphatic rings. The van der Waals surface area contributed by atoms with E-state index in [0.717, 1.165) is 45.2 Å². The van der Waals surface area contributed by atoms with Crippen molar-refractivity contribution < 1.29 is 9.90 Å². The molecular formula is C23H38N2O2. The second kappa shape index (κ2) is 6.32. The molecule has 4 nitrogen and oxygen atoms in total. The standard InChI is InChI=1S/C23H38N2O2/c1-21-11-10-20(26)25(15-14-24(4)5)19(21)7-6-16-17(21)8-12-22(2)18(16)9-13-23(22,3)27/h7,16-18,27H,6,8-15H2,1-5H3/t16-,17+,18-,21+,22-,23-/m1/s1. The number of aliphatic hydroxyl groups is 1. The Morgan fingerprint density at radius 1 is 1.15 bits per heavy atom. The number of likely N-dealkylation sites (tertiary alicyclic amines) is 1. The average molecular weight is 375 g/mol. The third-order valence-corrected chi connectivity index (χ3v) is 9.21. The summed E-state index contributed by atoms with van der Waals surface area (Å²) in [5.41, 5.74) is 0.979. The minimum absolute atomic E-state index is 0.0605. The third kappa shape index (κ3) is 2.73. The number of allylic oxidation sites excluding steroid dienone is 2. The van der Waals surface area contributed by atoms with Crippen LogP contribution in [0.3, 0.4) is 0 Å². The molecular weight excluding hydrogens is 336 g/mol. The van der Waals surface area contributed by atoms with Gasteiger partial charge in [0.25, 0.3) is 0 Å². The van der Waals surface area contributed by atoms with Crippen molar-refractivity contribution in [3.05, 3.63) is 11.8 Å². The second-order valence-corrected chi connectivity index (χ2v) is 10.7. The van der Waals surface area contributed by atoms with Crippen LogP contribution in [0.2, 0.25) is 0 Å². The fraction of sp³-hybridized carbons (Fsp3) is 0.870. The number of hydrogen-bond donors (Lipinski definition) is 1. The summed E-state index contributed by atoms with van der Waals surface area (Å²) in [6.07, 6.45) is 9.59. The Bertz CT molecular complexity index is 655. The molecule has 152 valence electrons. The molecule has 1 N–H and O–H groups in total. The van der Waals surface area contributed by atoms with Gasteiger partial charge in [0.05, 0.1) is 5.60 Å². The van der Waals surface area contributed by atoms with Crippen molar-refractivity contribution in [1.29, 1.82) is 0 Å². The van der Waals surface area contributed by atoms with Crippen molar-refractivity contribution in [2.75, 3.05) is 27.2 Å². The van der Waals surface area contributed by atoms with Crippen LogP contribution in [0.4, 0.5) is 0 Å². The van der Waals surface area contributed by atoms with E-state index in [0.29, 0.717) is 30.1 Å². The average Bonchev–Trinajstić information content (AvgIpc) is 2.84. The summed E-state index contributed by atoms with van der Waals surface area (Å²) in [5, 5.41) is 11.1. The molecule has 1 saturated heterocycles. The van der Waals surface area contributed by atoms with Crippen LogP contribution in [0.15, 0.2) is 11.8 Å². The predicted octanol–water partition coefficient (Wildman–Crippen LogP) is 3.66. The van der Waals surface area contributed by atoms with Gasteiger partial charge in [-0.05, 0) is 82.7 Å². The molecule has 0 spiro atoms. The molecule has 0 unspecified atom stereocenters. The van der Waals surface area contributed by atoms with E-state index in [2.05, 4.69) is 50.7 Å². The van der Waals surface area contributed by atoms with Crippen molar-refractivity contribution >= 4 is 5.91 Å². The zero-order valence-corrected chi connectivity index (χ0v) is 17.9. The van der Waals surface area contributed by atoms with Crippen LogP contribution in [0, 0.1) is 28.6 Å². The van der Waals surface area contributed by atoms with Crippen LogP contribution in [-0.4, -0.2) is 53.6 Å². The summed E-state index contributed by atoms with van der Waals surface area (Å²) in [7, 11) is 4.15. The highest BCUT2D eigenvalue weighted by Crippen LogP contribution is 2.66. The summed E-state index contributed by atoms with van der Waals surface area (Å²) >= 11 is 0. The number of carbonyl (C=O) groups excluding carboxylic acids is 1. The van der Waals surface area contributed by atoms with E-state index < -0.39 is 5.60 Å². The molecule has 0 aromatic heterocycles. The smallest absolute Gasteiger partial charge is 0.226 e. The van der Waals surface area contributed by atoms with Crippen LogP contribution in [0.1, 0.15) is 65.7 Å². The van der Waals surface area contributed by atoms with Gasteiger partial charge >= 0.3 is 0 Å². The Morgan fingerprint density at radius 3 is 2.56 bits per heavy atom. The van der Waals surface area contributed by atoms with Crippen LogP contribution < -0.4 is 0 Å². The Hall–Kier alpha value is -0.870. The third-order valence-electron chi connectivity index (χ3n) is 9.21. The van der Waals surface area contributed by atoms with Crippen LogP contribution in [0.5, 0.6) is 0 Å². The van der Waals surface area contributed by atoms with Crippen molar-refractivity contribution in [2.24, 2.45) is 28.6 Å². The molecule has 0 aromatic carbocycles. The lowest BCUT2D eigenvalue weighted by Crippen LogP contribution is -2.56. The van der Waals surface area contributed by atoms with E-state index >= 15 is 0 Å². The Balaban J connectivity index is 1.65. The number of rotatable bonds is 3. The predicted molar refractivity (Wildman–Crippen MR) is 108 cm³/mol. The van der Waals surface area contributed by atoms with Gasteiger partial charge < -0.3 is 14.9 Å². The first-order valence-electron chi connectivity index (χ1n) is 11.0. The van der Waals surface area contributed by atoms with Crippen molar-refractivity contribution in [2.45, 2.75) is 71.3 Å². The maximum Gasteiger partial charge on any atom is 0.226 e. The number of nitrogens with zero attached hydrogens (tertiary/aromatic N) is 2. The Labute approximate surface area is 165 Å². The number of piperidine rings is 1. The SMILES string of the molecule is CN(C)CCN1C(=O)CC[C@]2(C)C1=CC[C@H]1[C@H]3CC[C@@](C)(O)[C@]3(C)CC[C@@H]12. The molecule has 2 saturated carbocycles. The van der Waals surface area contributed by atoms with Gasteiger partial charge in [0, 0.05) is 30.6 Å². The maximum atomic E-state index is 12.7. The van der Waals surface area contributed by atoms with Crippen molar-refractivity contribution in [3.63, 3.8) is 0 Å². The van der Waals surface area contributed by atoms with E-state index in [1.54, 1.807) is 0 Å². The van der Waals surface area contributed by atoms with Gasteiger partial charge in [0.1, 0.15) is 0 Å². The molecule has 4 heteroatoms. The first-order valence-corrected chi connectivity index (χ1v) is 11.0. The highest BCUT2D eigenvalue weighted by Gasteiger charge is 2.62. The summed E-state index contributed by atoms with van der Waals surface area (Å²) in [6, 6.07) is 0. The summed E-state index contributed by atoms with van der Waals surface area (Å²) < 4.78 is 0. The van der Waals surface area contributed by atoms with Gasteiger partial charge in [-0.15, -0.1) is 0 Å². The highest BCUT2D eigenvalue weighted by molar-refractivity contribution is 5.80. The molecule has 27 heavy (non-hydrogen) atoms. The molecule has 1 aliphatic heterocycles. The van der Waals surface area contributed by atoms with Gasteiger partial charge in [-0.1, -0.05) is 19.9 Å². The lowest BCUT2D eigenvalue weighted by atomic mass is 9.48. The Kier molecular flexibility index (Phi) is 4.55. The van der Waals surface area contributed by atoms with Crippen molar-refractivity contribution in [1.82, 2.24) is 9.80 Å². The lowest BCUT2D eigenvalue weighted by Gasteiger charge is -2.59. The quantitative estimate of drug-likeness (QED) is 0.820. The Morgan fingerprint density at radius 2 is 1.85 bits per heavy atom. The largest absolute Gasteiger partial charge is 0.390 e. The van der Waals surface area contributed by atoms with Gasteiger partial charge in [-0.2, -0.15) is 0 Å². The lowest BCUT2D eigenvalue weighted by molar-refractivity contribution is -0.141. The fourth-order valence-corrected chi connectivity index (χ4v) is 7.23. The molecule has 3 aliphatic carbocycles. The first-order chi connectivity index (χ1) is 12.6. The number of carbonyl (C=O) groups is 1. The maximum absolute atomic E-state index is 12.7. The van der Waals surface area contributed by atoms with E-state index in [1.165, 1.54) is 12.1 Å². The number of hydrogen-bond acceptors (Lipinski definition) is 3. The van der Waals surface area contributed by atoms with Crippen LogP contribution in [0.25, 0.3) is 0 Å². The van der Waals surface area contributed by atoms with Crippen LogP contribution in [-0.2, 0) is 4.79 Å². The summed E-state index contributed by atoms with van der Waals surface area (Å²) in [6.45, 7) is 8.56. The number of likely N-dealkylation sites (N-methyl/N-ethyl adjacent to an activating group) is 1. The monoisotopic (exact) mass is 374 g/mol. The van der Waals surface area contributed by atoms with Gasteiger partial charge in [-0.25, -0.2) is 0 Å². The van der Waals surface area contributed by atoms with E-state index in [4.69, 9.17) is 0 Å². The number of amides is 1. The summed E-state index contributed by atoms with van der Waals surface area (Å²) in [4.78, 5) is 17.0. The van der Waals surface area contributed by atoms with E-state index in [9.17, 15) is 9.90 Å². The zero-order chi connectivity index (χ0) is 19.6. The highest BCUT2D eigenvalue weighted by atomic mass is 16.3. The molecule has 4 rings (SSSR count). The fourth-order valence-electron chi connectivity index (χ4n) is 7.23. The van der Waals surface area contributed by atoms with Gasteiger partial charge in [0.15, 0.2) is 0 Å². The first kappa shape index (κ1) is 19.4. The zero-order valence-electron chi connectivity index (χ0n) is 17.9. The van der Waals surface area contributed by atoms with Crippen molar-refractivity contribution in [3.8, 4) is 0 Å². The molecule has 3 fully saturated rings. The molecule has 1 heterocycles. The number of fused-ring (bicyclic) bond motifs is 5. The second-order valence-electron chi connectivity index (χ2n) is 10.7. The molecule has 0 bridgehead atoms. The molecule has 1 amide bonds. The van der Waals surface area contributed by atoms with E-state index in [1.807, 2.05) is 0 Å². The molecule has 0 radical (unpaired) electrons. The van der Waals surface area contributed by atoms with E-state index in [-0.39, 0.29) is 10.8 Å². The normalized spacial score (nSPS) is 46.8. The van der Waals surface area contributed by atoms with Crippen LogP contribution >= 0.6 is 0 Å². The molecule has 0 aromatic rings. The molecule has 6 atom stereocenters. The van der Waals surface area contributed by atoms with Gasteiger partial charge in [-0.3, -0.25) is 4.79 Å².